The number of halogens is 1. The molecule has 0 aromatic heterocycles. The molecule has 0 radical (unpaired) electrons. The van der Waals surface area contributed by atoms with Gasteiger partial charge in [-0.15, -0.1) is 0 Å². The highest BCUT2D eigenvalue weighted by atomic mass is 35.5. The summed E-state index contributed by atoms with van der Waals surface area (Å²) in [5.41, 5.74) is 0. The minimum atomic E-state index is 0.635. The van der Waals surface area contributed by atoms with Gasteiger partial charge in [-0.3, -0.25) is 0 Å². The zero-order chi connectivity index (χ0) is 7.84. The summed E-state index contributed by atoms with van der Waals surface area (Å²) >= 11 is 6.11. The first-order valence-electron chi connectivity index (χ1n) is 4.47. The van der Waals surface area contributed by atoms with Crippen LogP contribution in [0.5, 0.6) is 0 Å². The van der Waals surface area contributed by atoms with E-state index in [9.17, 15) is 0 Å². The van der Waals surface area contributed by atoms with Crippen molar-refractivity contribution in [2.75, 3.05) is 19.6 Å². The van der Waals surface area contributed by atoms with Gasteiger partial charge < -0.3 is 4.90 Å². The maximum Gasteiger partial charge on any atom is 0.0383 e. The fraction of sp³-hybridized carbons (Fsp3) is 1.00. The second kappa shape index (κ2) is 2.92. The Balaban J connectivity index is 2.02. The lowest BCUT2D eigenvalue weighted by Gasteiger charge is -2.36. The third-order valence-electron chi connectivity index (χ3n) is 2.92. The predicted octanol–water partition coefficient (Wildman–Crippen LogP) is 1.31. The summed E-state index contributed by atoms with van der Waals surface area (Å²) in [5, 5.41) is 0. The van der Waals surface area contributed by atoms with Crippen LogP contribution in [0.25, 0.3) is 0 Å². The van der Waals surface area contributed by atoms with Gasteiger partial charge in [0.25, 0.3) is 0 Å². The minimum absolute atomic E-state index is 0.635. The van der Waals surface area contributed by atoms with Crippen molar-refractivity contribution >= 4 is 11.8 Å². The van der Waals surface area contributed by atoms with Crippen molar-refractivity contribution < 1.29 is 0 Å². The molecule has 0 aromatic carbocycles. The molecule has 2 saturated heterocycles. The molecule has 0 N–H and O–H groups in total. The van der Waals surface area contributed by atoms with Crippen LogP contribution < -0.4 is 0 Å². The predicted molar refractivity (Wildman–Crippen MR) is 46.6 cm³/mol. The van der Waals surface area contributed by atoms with E-state index in [1.165, 1.54) is 32.5 Å². The topological polar surface area (TPSA) is 6.48 Å². The highest BCUT2D eigenvalue weighted by Crippen LogP contribution is 2.31. The molecule has 11 heavy (non-hydrogen) atoms. The Kier molecular flexibility index (Phi) is 2.08. The standard InChI is InChI=1S/C8H15ClN2/c1-2-10-5-7-3-4-8(6-10)11(7)9/h7-8H,2-6H2,1H3. The van der Waals surface area contributed by atoms with E-state index in [1.54, 1.807) is 0 Å². The Morgan fingerprint density at radius 2 is 1.82 bits per heavy atom. The molecule has 2 rings (SSSR count). The molecule has 2 heterocycles. The van der Waals surface area contributed by atoms with Gasteiger partial charge in [-0.1, -0.05) is 6.92 Å². The monoisotopic (exact) mass is 174 g/mol. The Morgan fingerprint density at radius 1 is 1.27 bits per heavy atom. The molecule has 2 nitrogen and oxygen atoms in total. The fourth-order valence-corrected chi connectivity index (χ4v) is 2.52. The largest absolute Gasteiger partial charge is 0.300 e. The number of hydrogen-bond donors (Lipinski definition) is 0. The first-order valence-corrected chi connectivity index (χ1v) is 4.81. The Hall–Kier alpha value is 0.210. The molecule has 0 aliphatic carbocycles. The zero-order valence-corrected chi connectivity index (χ0v) is 7.72. The molecule has 2 bridgehead atoms. The van der Waals surface area contributed by atoms with Gasteiger partial charge in [0.1, 0.15) is 0 Å². The maximum atomic E-state index is 6.11. The van der Waals surface area contributed by atoms with Gasteiger partial charge >= 0.3 is 0 Å². The molecule has 2 unspecified atom stereocenters. The van der Waals surface area contributed by atoms with Gasteiger partial charge in [-0.2, -0.15) is 0 Å². The van der Waals surface area contributed by atoms with Crippen LogP contribution in [0.1, 0.15) is 19.8 Å². The smallest absolute Gasteiger partial charge is 0.0383 e. The summed E-state index contributed by atoms with van der Waals surface area (Å²) in [7, 11) is 0. The van der Waals surface area contributed by atoms with Crippen LogP contribution in [0.3, 0.4) is 0 Å². The number of fused-ring (bicyclic) bond motifs is 2. The number of nitrogens with zero attached hydrogens (tertiary/aromatic N) is 2. The van der Waals surface area contributed by atoms with Crippen molar-refractivity contribution in [2.24, 2.45) is 0 Å². The highest BCUT2D eigenvalue weighted by molar-refractivity contribution is 6.14. The number of likely N-dealkylation sites (tertiary alicyclic amines) is 1. The van der Waals surface area contributed by atoms with E-state index in [2.05, 4.69) is 11.8 Å². The third kappa shape index (κ3) is 1.28. The van der Waals surface area contributed by atoms with Crippen LogP contribution in [0.4, 0.5) is 0 Å². The number of hydrogen-bond acceptors (Lipinski definition) is 2. The number of likely N-dealkylation sites (N-methyl/N-ethyl adjacent to an activating group) is 1. The Morgan fingerprint density at radius 3 is 2.27 bits per heavy atom. The van der Waals surface area contributed by atoms with E-state index < -0.39 is 0 Å². The molecule has 2 fully saturated rings. The van der Waals surface area contributed by atoms with E-state index >= 15 is 0 Å². The van der Waals surface area contributed by atoms with E-state index in [4.69, 9.17) is 11.8 Å². The zero-order valence-electron chi connectivity index (χ0n) is 6.96. The molecular formula is C8H15ClN2. The van der Waals surface area contributed by atoms with Gasteiger partial charge in [0.05, 0.1) is 0 Å². The molecule has 0 spiro atoms. The van der Waals surface area contributed by atoms with Crippen LogP contribution in [-0.4, -0.2) is 41.0 Å². The number of piperazine rings is 1. The van der Waals surface area contributed by atoms with Crippen molar-refractivity contribution in [1.82, 2.24) is 9.32 Å². The van der Waals surface area contributed by atoms with Crippen LogP contribution in [0.15, 0.2) is 0 Å². The average molecular weight is 175 g/mol. The van der Waals surface area contributed by atoms with Crippen molar-refractivity contribution in [1.29, 1.82) is 0 Å². The van der Waals surface area contributed by atoms with Gasteiger partial charge in [-0.25, -0.2) is 4.42 Å². The second-order valence-corrected chi connectivity index (χ2v) is 3.97. The van der Waals surface area contributed by atoms with Crippen molar-refractivity contribution in [3.8, 4) is 0 Å². The number of rotatable bonds is 1. The van der Waals surface area contributed by atoms with Crippen LogP contribution in [0, 0.1) is 0 Å². The van der Waals surface area contributed by atoms with E-state index in [0.29, 0.717) is 12.1 Å². The first kappa shape index (κ1) is 7.84. The first-order chi connectivity index (χ1) is 5.31. The summed E-state index contributed by atoms with van der Waals surface area (Å²) in [6.45, 7) is 5.76. The molecule has 0 amide bonds. The fourth-order valence-electron chi connectivity index (χ4n) is 2.20. The SMILES string of the molecule is CCN1CC2CCC(C1)N2Cl. The molecular weight excluding hydrogens is 160 g/mol. The maximum absolute atomic E-state index is 6.11. The molecule has 2 aliphatic rings. The van der Waals surface area contributed by atoms with E-state index in [-0.39, 0.29) is 0 Å². The summed E-state index contributed by atoms with van der Waals surface area (Å²) in [6, 6.07) is 1.27. The average Bonchev–Trinajstić information content (AvgIpc) is 2.26. The van der Waals surface area contributed by atoms with Crippen LogP contribution in [-0.2, 0) is 0 Å². The van der Waals surface area contributed by atoms with Crippen molar-refractivity contribution in [2.45, 2.75) is 31.8 Å². The molecule has 64 valence electrons. The lowest BCUT2D eigenvalue weighted by Crippen LogP contribution is -2.49. The summed E-state index contributed by atoms with van der Waals surface area (Å²) in [6.07, 6.45) is 2.59. The normalized spacial score (nSPS) is 39.8. The molecule has 2 atom stereocenters. The van der Waals surface area contributed by atoms with Crippen molar-refractivity contribution in [3.05, 3.63) is 0 Å². The lowest BCUT2D eigenvalue weighted by molar-refractivity contribution is 0.138. The summed E-state index contributed by atoms with van der Waals surface area (Å²) in [4.78, 5) is 2.50. The highest BCUT2D eigenvalue weighted by Gasteiger charge is 2.38. The van der Waals surface area contributed by atoms with Gasteiger partial charge in [0, 0.05) is 25.2 Å². The second-order valence-electron chi connectivity index (χ2n) is 3.58. The van der Waals surface area contributed by atoms with Gasteiger partial charge in [-0.05, 0) is 31.2 Å². The van der Waals surface area contributed by atoms with E-state index in [0.717, 1.165) is 0 Å². The van der Waals surface area contributed by atoms with E-state index in [1.807, 2.05) is 4.42 Å². The van der Waals surface area contributed by atoms with Crippen LogP contribution >= 0.6 is 11.8 Å². The molecule has 0 aromatic rings. The molecule has 0 saturated carbocycles. The summed E-state index contributed by atoms with van der Waals surface area (Å²) in [5.74, 6) is 0. The summed E-state index contributed by atoms with van der Waals surface area (Å²) < 4.78 is 2.05. The quantitative estimate of drug-likeness (QED) is 0.554. The minimum Gasteiger partial charge on any atom is -0.300 e. The Labute approximate surface area is 73.2 Å². The Bertz CT molecular complexity index is 137. The van der Waals surface area contributed by atoms with Gasteiger partial charge in [0.2, 0.25) is 0 Å². The lowest BCUT2D eigenvalue weighted by atomic mass is 10.2. The molecule has 3 heteroatoms. The van der Waals surface area contributed by atoms with Crippen molar-refractivity contribution in [3.63, 3.8) is 0 Å². The molecule has 2 aliphatic heterocycles. The third-order valence-corrected chi connectivity index (χ3v) is 3.47. The van der Waals surface area contributed by atoms with Gasteiger partial charge in [0.15, 0.2) is 0 Å². The van der Waals surface area contributed by atoms with Crippen LogP contribution in [0.2, 0.25) is 0 Å².